The lowest BCUT2D eigenvalue weighted by Gasteiger charge is -2.13. The van der Waals surface area contributed by atoms with Crippen molar-refractivity contribution < 1.29 is 24.2 Å². The molecule has 0 saturated carbocycles. The van der Waals surface area contributed by atoms with Gasteiger partial charge in [0, 0.05) is 13.7 Å². The van der Waals surface area contributed by atoms with Gasteiger partial charge in [0.15, 0.2) is 0 Å². The molecule has 98 valence electrons. The minimum atomic E-state index is -1.16. The van der Waals surface area contributed by atoms with Crippen LogP contribution in [0.25, 0.3) is 0 Å². The lowest BCUT2D eigenvalue weighted by molar-refractivity contribution is -0.135. The van der Waals surface area contributed by atoms with Crippen molar-refractivity contribution in [1.29, 1.82) is 0 Å². The standard InChI is InChI=1S/C9H17N3O5/c1-6(8(15)10-3-4-17-2)12-9(16)11-5-7(13)14/h6H,3-5H2,1-2H3,(H,10,15)(H,13,14)(H2,11,12,16). The number of carboxylic acids is 1. The number of aliphatic carboxylic acids is 1. The normalized spacial score (nSPS) is 11.4. The molecule has 0 aromatic rings. The van der Waals surface area contributed by atoms with Crippen molar-refractivity contribution in [2.75, 3.05) is 26.8 Å². The third-order valence-corrected chi connectivity index (χ3v) is 1.75. The van der Waals surface area contributed by atoms with Crippen LogP contribution in [0.2, 0.25) is 0 Å². The van der Waals surface area contributed by atoms with E-state index in [1.807, 2.05) is 0 Å². The Kier molecular flexibility index (Phi) is 7.44. The first kappa shape index (κ1) is 15.2. The number of hydrogen-bond donors (Lipinski definition) is 4. The molecule has 8 heteroatoms. The SMILES string of the molecule is COCCNC(=O)C(C)NC(=O)NCC(=O)O. The largest absolute Gasteiger partial charge is 0.480 e. The Labute approximate surface area is 98.7 Å². The molecular weight excluding hydrogens is 230 g/mol. The van der Waals surface area contributed by atoms with Crippen molar-refractivity contribution >= 4 is 17.9 Å². The molecular formula is C9H17N3O5. The van der Waals surface area contributed by atoms with Gasteiger partial charge in [0.1, 0.15) is 12.6 Å². The number of nitrogens with one attached hydrogen (secondary N) is 3. The number of urea groups is 1. The van der Waals surface area contributed by atoms with Gasteiger partial charge in [-0.2, -0.15) is 0 Å². The average molecular weight is 247 g/mol. The maximum absolute atomic E-state index is 11.4. The summed E-state index contributed by atoms with van der Waals surface area (Å²) in [5.41, 5.74) is 0. The number of rotatable bonds is 7. The number of carboxylic acid groups (broad SMARTS) is 1. The molecule has 0 radical (unpaired) electrons. The van der Waals surface area contributed by atoms with E-state index in [0.29, 0.717) is 13.2 Å². The molecule has 0 fully saturated rings. The minimum absolute atomic E-state index is 0.345. The van der Waals surface area contributed by atoms with Crippen LogP contribution >= 0.6 is 0 Å². The first-order valence-corrected chi connectivity index (χ1v) is 5.00. The lowest BCUT2D eigenvalue weighted by atomic mass is 10.3. The molecule has 0 bridgehead atoms. The van der Waals surface area contributed by atoms with Crippen LogP contribution in [0.1, 0.15) is 6.92 Å². The van der Waals surface area contributed by atoms with E-state index in [0.717, 1.165) is 0 Å². The van der Waals surface area contributed by atoms with Gasteiger partial charge in [-0.25, -0.2) is 4.79 Å². The summed E-state index contributed by atoms with van der Waals surface area (Å²) in [7, 11) is 1.51. The van der Waals surface area contributed by atoms with E-state index in [4.69, 9.17) is 9.84 Å². The van der Waals surface area contributed by atoms with Crippen LogP contribution in [0, 0.1) is 0 Å². The van der Waals surface area contributed by atoms with Gasteiger partial charge >= 0.3 is 12.0 Å². The molecule has 0 spiro atoms. The molecule has 0 saturated heterocycles. The fraction of sp³-hybridized carbons (Fsp3) is 0.667. The van der Waals surface area contributed by atoms with Crippen molar-refractivity contribution in [3.8, 4) is 0 Å². The third kappa shape index (κ3) is 8.03. The molecule has 0 rings (SSSR count). The number of ether oxygens (including phenoxy) is 1. The van der Waals surface area contributed by atoms with Gasteiger partial charge in [0.2, 0.25) is 5.91 Å². The van der Waals surface area contributed by atoms with E-state index in [-0.39, 0.29) is 5.91 Å². The summed E-state index contributed by atoms with van der Waals surface area (Å²) in [5, 5.41) is 15.2. The highest BCUT2D eigenvalue weighted by atomic mass is 16.5. The zero-order valence-electron chi connectivity index (χ0n) is 9.78. The van der Waals surface area contributed by atoms with Crippen LogP contribution < -0.4 is 16.0 Å². The van der Waals surface area contributed by atoms with Crippen LogP contribution in [-0.4, -0.2) is 55.9 Å². The highest BCUT2D eigenvalue weighted by Gasteiger charge is 2.14. The molecule has 1 atom stereocenters. The molecule has 3 amide bonds. The van der Waals surface area contributed by atoms with Crippen LogP contribution in [0.5, 0.6) is 0 Å². The Balaban J connectivity index is 3.82. The van der Waals surface area contributed by atoms with Crippen molar-refractivity contribution in [1.82, 2.24) is 16.0 Å². The zero-order valence-corrected chi connectivity index (χ0v) is 9.78. The topological polar surface area (TPSA) is 117 Å². The Morgan fingerprint density at radius 1 is 1.29 bits per heavy atom. The summed E-state index contributed by atoms with van der Waals surface area (Å²) in [6.07, 6.45) is 0. The average Bonchev–Trinajstić information content (AvgIpc) is 2.26. The summed E-state index contributed by atoms with van der Waals surface area (Å²) in [6, 6.07) is -1.46. The zero-order chi connectivity index (χ0) is 13.3. The maximum atomic E-state index is 11.4. The third-order valence-electron chi connectivity index (χ3n) is 1.75. The molecule has 17 heavy (non-hydrogen) atoms. The van der Waals surface area contributed by atoms with Gasteiger partial charge in [-0.15, -0.1) is 0 Å². The number of methoxy groups -OCH3 is 1. The van der Waals surface area contributed by atoms with Gasteiger partial charge in [0.05, 0.1) is 6.61 Å². The van der Waals surface area contributed by atoms with Gasteiger partial charge in [-0.3, -0.25) is 9.59 Å². The van der Waals surface area contributed by atoms with E-state index >= 15 is 0 Å². The fourth-order valence-corrected chi connectivity index (χ4v) is 0.898. The van der Waals surface area contributed by atoms with Gasteiger partial charge in [-0.05, 0) is 6.92 Å². The molecule has 0 aliphatic heterocycles. The van der Waals surface area contributed by atoms with E-state index in [9.17, 15) is 14.4 Å². The molecule has 0 aromatic heterocycles. The second-order valence-corrected chi connectivity index (χ2v) is 3.23. The van der Waals surface area contributed by atoms with E-state index in [2.05, 4.69) is 16.0 Å². The number of carbonyl (C=O) groups excluding carboxylic acids is 2. The lowest BCUT2D eigenvalue weighted by Crippen LogP contribution is -2.49. The minimum Gasteiger partial charge on any atom is -0.480 e. The van der Waals surface area contributed by atoms with Crippen LogP contribution in [-0.2, 0) is 14.3 Å². The van der Waals surface area contributed by atoms with Gasteiger partial charge in [0.25, 0.3) is 0 Å². The molecule has 0 heterocycles. The van der Waals surface area contributed by atoms with E-state index in [1.54, 1.807) is 0 Å². The number of amides is 3. The molecule has 1 unspecified atom stereocenters. The maximum Gasteiger partial charge on any atom is 0.323 e. The molecule has 8 nitrogen and oxygen atoms in total. The fourth-order valence-electron chi connectivity index (χ4n) is 0.898. The van der Waals surface area contributed by atoms with E-state index < -0.39 is 24.6 Å². The van der Waals surface area contributed by atoms with Gasteiger partial charge in [-0.1, -0.05) is 0 Å². The Hall–Kier alpha value is -1.83. The first-order valence-electron chi connectivity index (χ1n) is 5.00. The summed E-state index contributed by atoms with van der Waals surface area (Å²) < 4.78 is 4.74. The first-order chi connectivity index (χ1) is 7.97. The van der Waals surface area contributed by atoms with Crippen molar-refractivity contribution in [2.45, 2.75) is 13.0 Å². The predicted molar refractivity (Wildman–Crippen MR) is 58.5 cm³/mol. The van der Waals surface area contributed by atoms with Crippen LogP contribution in [0.4, 0.5) is 4.79 Å². The molecule has 4 N–H and O–H groups in total. The number of carbonyl (C=O) groups is 3. The molecule has 0 aliphatic rings. The molecule has 0 aliphatic carbocycles. The molecule has 0 aromatic carbocycles. The summed E-state index contributed by atoms with van der Waals surface area (Å²) in [4.78, 5) is 32.6. The van der Waals surface area contributed by atoms with E-state index in [1.165, 1.54) is 14.0 Å². The summed E-state index contributed by atoms with van der Waals surface area (Å²) in [6.45, 7) is 1.72. The second-order valence-electron chi connectivity index (χ2n) is 3.23. The predicted octanol–water partition coefficient (Wildman–Crippen LogP) is -1.48. The van der Waals surface area contributed by atoms with Crippen molar-refractivity contribution in [2.24, 2.45) is 0 Å². The Bertz CT molecular complexity index is 282. The van der Waals surface area contributed by atoms with Crippen molar-refractivity contribution in [3.05, 3.63) is 0 Å². The smallest absolute Gasteiger partial charge is 0.323 e. The van der Waals surface area contributed by atoms with Crippen LogP contribution in [0.3, 0.4) is 0 Å². The Morgan fingerprint density at radius 3 is 2.47 bits per heavy atom. The summed E-state index contributed by atoms with van der Waals surface area (Å²) in [5.74, 6) is -1.52. The highest BCUT2D eigenvalue weighted by Crippen LogP contribution is 1.82. The quantitative estimate of drug-likeness (QED) is 0.409. The second kappa shape index (κ2) is 8.34. The summed E-state index contributed by atoms with van der Waals surface area (Å²) >= 11 is 0. The number of hydrogen-bond acceptors (Lipinski definition) is 4. The van der Waals surface area contributed by atoms with Crippen LogP contribution in [0.15, 0.2) is 0 Å². The van der Waals surface area contributed by atoms with Gasteiger partial charge < -0.3 is 25.8 Å². The highest BCUT2D eigenvalue weighted by molar-refractivity contribution is 5.87. The monoisotopic (exact) mass is 247 g/mol. The van der Waals surface area contributed by atoms with Crippen molar-refractivity contribution in [3.63, 3.8) is 0 Å². The Morgan fingerprint density at radius 2 is 1.94 bits per heavy atom.